The molecule has 0 radical (unpaired) electrons. The first kappa shape index (κ1) is 16.6. The van der Waals surface area contributed by atoms with E-state index < -0.39 is 0 Å². The number of carbonyl (C=O) groups excluding carboxylic acids is 1. The summed E-state index contributed by atoms with van der Waals surface area (Å²) in [4.78, 5) is 14.6. The van der Waals surface area contributed by atoms with E-state index in [4.69, 9.17) is 4.42 Å². The van der Waals surface area contributed by atoms with Gasteiger partial charge in [-0.2, -0.15) is 0 Å². The minimum absolute atomic E-state index is 0.0866. The first-order valence-corrected chi connectivity index (χ1v) is 8.61. The van der Waals surface area contributed by atoms with Crippen molar-refractivity contribution in [3.8, 4) is 0 Å². The molecule has 1 aromatic heterocycles. The number of furan rings is 1. The number of aryl methyl sites for hydroxylation is 1. The lowest BCUT2D eigenvalue weighted by atomic mass is 10.1. The molecule has 128 valence electrons. The van der Waals surface area contributed by atoms with E-state index in [-0.39, 0.29) is 12.1 Å². The number of amides is 2. The molecule has 1 aromatic carbocycles. The molecule has 1 fully saturated rings. The van der Waals surface area contributed by atoms with Gasteiger partial charge < -0.3 is 15.1 Å². The summed E-state index contributed by atoms with van der Waals surface area (Å²) in [6, 6.07) is 11.6. The van der Waals surface area contributed by atoms with Gasteiger partial charge in [0.1, 0.15) is 5.76 Å². The largest absolute Gasteiger partial charge is 0.468 e. The monoisotopic (exact) mass is 327 g/mol. The highest BCUT2D eigenvalue weighted by molar-refractivity contribution is 5.89. The molecule has 2 amide bonds. The smallest absolute Gasteiger partial charge is 0.319 e. The maximum absolute atomic E-state index is 12.2. The average molecular weight is 327 g/mol. The van der Waals surface area contributed by atoms with E-state index in [1.807, 2.05) is 43.3 Å². The first-order valence-electron chi connectivity index (χ1n) is 8.61. The lowest BCUT2D eigenvalue weighted by Crippen LogP contribution is -2.41. The standard InChI is InChI=1S/C19H25N3O2/c1-15-7-5-8-16(13-15)21-19(23)20-14-17(18-9-6-12-24-18)22-10-3-2-4-11-22/h5-9,12-13,17H,2-4,10-11,14H2,1H3,(H2,20,21,23). The molecule has 1 atom stereocenters. The van der Waals surface area contributed by atoms with Crippen molar-refractivity contribution in [1.82, 2.24) is 10.2 Å². The quantitative estimate of drug-likeness (QED) is 0.874. The molecular weight excluding hydrogens is 302 g/mol. The molecule has 5 nitrogen and oxygen atoms in total. The predicted molar refractivity (Wildman–Crippen MR) is 95.1 cm³/mol. The fraction of sp³-hybridized carbons (Fsp3) is 0.421. The summed E-state index contributed by atoms with van der Waals surface area (Å²) in [6.07, 6.45) is 5.38. The van der Waals surface area contributed by atoms with E-state index in [1.54, 1.807) is 6.26 Å². The highest BCUT2D eigenvalue weighted by atomic mass is 16.3. The minimum atomic E-state index is -0.186. The highest BCUT2D eigenvalue weighted by Gasteiger charge is 2.24. The Labute approximate surface area is 143 Å². The lowest BCUT2D eigenvalue weighted by molar-refractivity contribution is 0.144. The Bertz CT molecular complexity index is 648. The van der Waals surface area contributed by atoms with Crippen molar-refractivity contribution >= 4 is 11.7 Å². The van der Waals surface area contributed by atoms with Crippen LogP contribution >= 0.6 is 0 Å². The van der Waals surface area contributed by atoms with Crippen LogP contribution in [0.3, 0.4) is 0 Å². The van der Waals surface area contributed by atoms with E-state index in [0.29, 0.717) is 6.54 Å². The Hall–Kier alpha value is -2.27. The van der Waals surface area contributed by atoms with Gasteiger partial charge in [-0.3, -0.25) is 4.90 Å². The van der Waals surface area contributed by atoms with Gasteiger partial charge in [-0.15, -0.1) is 0 Å². The Morgan fingerprint density at radius 3 is 2.75 bits per heavy atom. The summed E-state index contributed by atoms with van der Waals surface area (Å²) in [6.45, 7) is 4.64. The van der Waals surface area contributed by atoms with Crippen molar-refractivity contribution < 1.29 is 9.21 Å². The third-order valence-electron chi connectivity index (χ3n) is 4.43. The number of piperidine rings is 1. The van der Waals surface area contributed by atoms with Gasteiger partial charge in [-0.1, -0.05) is 18.6 Å². The summed E-state index contributed by atoms with van der Waals surface area (Å²) >= 11 is 0. The van der Waals surface area contributed by atoms with E-state index in [2.05, 4.69) is 15.5 Å². The molecule has 0 aliphatic carbocycles. The Morgan fingerprint density at radius 1 is 1.21 bits per heavy atom. The molecule has 2 aromatic rings. The van der Waals surface area contributed by atoms with Gasteiger partial charge in [0.15, 0.2) is 0 Å². The molecule has 0 bridgehead atoms. The molecule has 3 rings (SSSR count). The number of nitrogens with zero attached hydrogens (tertiary/aromatic N) is 1. The van der Waals surface area contributed by atoms with Gasteiger partial charge in [-0.25, -0.2) is 4.79 Å². The van der Waals surface area contributed by atoms with Gasteiger partial charge in [0.25, 0.3) is 0 Å². The molecule has 2 N–H and O–H groups in total. The summed E-state index contributed by atoms with van der Waals surface area (Å²) in [5, 5.41) is 5.87. The number of likely N-dealkylation sites (tertiary alicyclic amines) is 1. The van der Waals surface area contributed by atoms with Crippen molar-refractivity contribution in [2.45, 2.75) is 32.2 Å². The van der Waals surface area contributed by atoms with Crippen molar-refractivity contribution in [2.24, 2.45) is 0 Å². The number of rotatable bonds is 5. The number of hydrogen-bond donors (Lipinski definition) is 2. The Balaban J connectivity index is 1.59. The molecular formula is C19H25N3O2. The van der Waals surface area contributed by atoms with Gasteiger partial charge in [-0.05, 0) is 62.7 Å². The Kier molecular flexibility index (Phi) is 5.54. The van der Waals surface area contributed by atoms with Crippen LogP contribution in [0, 0.1) is 6.92 Å². The summed E-state index contributed by atoms with van der Waals surface area (Å²) in [5.74, 6) is 0.910. The average Bonchev–Trinajstić information content (AvgIpc) is 3.10. The zero-order chi connectivity index (χ0) is 16.8. The van der Waals surface area contributed by atoms with Gasteiger partial charge in [0.2, 0.25) is 0 Å². The fourth-order valence-corrected chi connectivity index (χ4v) is 3.21. The number of carbonyl (C=O) groups is 1. The van der Waals surface area contributed by atoms with E-state index in [1.165, 1.54) is 19.3 Å². The molecule has 1 saturated heterocycles. The van der Waals surface area contributed by atoms with Crippen LogP contribution in [0.15, 0.2) is 47.1 Å². The second-order valence-corrected chi connectivity index (χ2v) is 6.33. The van der Waals surface area contributed by atoms with Gasteiger partial charge in [0.05, 0.1) is 12.3 Å². The normalized spacial score (nSPS) is 16.5. The third kappa shape index (κ3) is 4.38. The summed E-state index contributed by atoms with van der Waals surface area (Å²) < 4.78 is 5.60. The number of benzene rings is 1. The maximum atomic E-state index is 12.2. The molecule has 2 heterocycles. The highest BCUT2D eigenvalue weighted by Crippen LogP contribution is 2.24. The lowest BCUT2D eigenvalue weighted by Gasteiger charge is -2.33. The van der Waals surface area contributed by atoms with Crippen LogP contribution < -0.4 is 10.6 Å². The van der Waals surface area contributed by atoms with E-state index >= 15 is 0 Å². The van der Waals surface area contributed by atoms with Gasteiger partial charge in [0, 0.05) is 12.2 Å². The zero-order valence-corrected chi connectivity index (χ0v) is 14.1. The van der Waals surface area contributed by atoms with Crippen LogP contribution in [-0.4, -0.2) is 30.6 Å². The third-order valence-corrected chi connectivity index (χ3v) is 4.43. The molecule has 0 spiro atoms. The number of anilines is 1. The fourth-order valence-electron chi connectivity index (χ4n) is 3.21. The van der Waals surface area contributed by atoms with Crippen LogP contribution in [0.1, 0.15) is 36.6 Å². The van der Waals surface area contributed by atoms with Gasteiger partial charge >= 0.3 is 6.03 Å². The molecule has 0 saturated carbocycles. The molecule has 1 unspecified atom stereocenters. The topological polar surface area (TPSA) is 57.5 Å². The SMILES string of the molecule is Cc1cccc(NC(=O)NCC(c2ccco2)N2CCCCC2)c1. The van der Waals surface area contributed by atoms with E-state index in [0.717, 1.165) is 30.1 Å². The summed E-state index contributed by atoms with van der Waals surface area (Å²) in [5.41, 5.74) is 1.93. The molecule has 24 heavy (non-hydrogen) atoms. The number of hydrogen-bond acceptors (Lipinski definition) is 3. The second kappa shape index (κ2) is 8.02. The van der Waals surface area contributed by atoms with Crippen molar-refractivity contribution in [1.29, 1.82) is 0 Å². The van der Waals surface area contributed by atoms with E-state index in [9.17, 15) is 4.79 Å². The summed E-state index contributed by atoms with van der Waals surface area (Å²) in [7, 11) is 0. The first-order chi connectivity index (χ1) is 11.7. The maximum Gasteiger partial charge on any atom is 0.319 e. The van der Waals surface area contributed by atoms with Crippen LogP contribution in [0.2, 0.25) is 0 Å². The molecule has 5 heteroatoms. The minimum Gasteiger partial charge on any atom is -0.468 e. The van der Waals surface area contributed by atoms with Crippen LogP contribution in [0.5, 0.6) is 0 Å². The van der Waals surface area contributed by atoms with Crippen molar-refractivity contribution in [3.63, 3.8) is 0 Å². The van der Waals surface area contributed by atoms with Crippen molar-refractivity contribution in [2.75, 3.05) is 25.0 Å². The molecule has 1 aliphatic rings. The molecule has 1 aliphatic heterocycles. The Morgan fingerprint density at radius 2 is 2.04 bits per heavy atom. The number of nitrogens with one attached hydrogen (secondary N) is 2. The van der Waals surface area contributed by atoms with Crippen LogP contribution in [0.4, 0.5) is 10.5 Å². The van der Waals surface area contributed by atoms with Crippen molar-refractivity contribution in [3.05, 3.63) is 54.0 Å². The number of urea groups is 1. The van der Waals surface area contributed by atoms with Crippen LogP contribution in [-0.2, 0) is 0 Å². The second-order valence-electron chi connectivity index (χ2n) is 6.33. The zero-order valence-electron chi connectivity index (χ0n) is 14.1. The predicted octanol–water partition coefficient (Wildman–Crippen LogP) is 3.94. The van der Waals surface area contributed by atoms with Crippen LogP contribution in [0.25, 0.3) is 0 Å².